The average molecular weight is 542 g/mol. The molecule has 2 N–H and O–H groups in total. The highest BCUT2D eigenvalue weighted by atomic mass is 35.5. The summed E-state index contributed by atoms with van der Waals surface area (Å²) in [5, 5.41) is 12.8. The van der Waals surface area contributed by atoms with Crippen LogP contribution in [-0.2, 0) is 6.18 Å². The van der Waals surface area contributed by atoms with Crippen LogP contribution in [-0.4, -0.2) is 33.3 Å². The van der Waals surface area contributed by atoms with Crippen molar-refractivity contribution in [2.24, 2.45) is 0 Å². The Balaban J connectivity index is 1.76. The van der Waals surface area contributed by atoms with E-state index in [4.69, 9.17) is 32.7 Å². The molecule has 1 fully saturated rings. The largest absolute Gasteiger partial charge is 0.438 e. The molecule has 1 amide bonds. The zero-order chi connectivity index (χ0) is 25.9. The van der Waals surface area contributed by atoms with Crippen molar-refractivity contribution in [1.82, 2.24) is 15.3 Å². The number of alkyl halides is 3. The van der Waals surface area contributed by atoms with Crippen LogP contribution in [0.2, 0.25) is 10.0 Å². The minimum absolute atomic E-state index is 0.119. The third-order valence-electron chi connectivity index (χ3n) is 5.47. The summed E-state index contributed by atoms with van der Waals surface area (Å²) in [5.74, 6) is -1.35. The molecular weight excluding hydrogens is 522 g/mol. The average Bonchev–Trinajstić information content (AvgIpc) is 2.83. The number of carbonyl (C=O) groups is 1. The summed E-state index contributed by atoms with van der Waals surface area (Å²) in [5.41, 5.74) is -1.49. The highest BCUT2D eigenvalue weighted by Gasteiger charge is 2.40. The molecule has 7 nitrogen and oxygen atoms in total. The zero-order valence-corrected chi connectivity index (χ0v) is 20.1. The number of aliphatic hydroxyl groups is 1. The van der Waals surface area contributed by atoms with Gasteiger partial charge in [0.1, 0.15) is 11.4 Å². The van der Waals surface area contributed by atoms with Crippen LogP contribution in [0, 0.1) is 0 Å². The predicted molar refractivity (Wildman–Crippen MR) is 126 cm³/mol. The van der Waals surface area contributed by atoms with E-state index in [0.717, 1.165) is 12.8 Å². The number of carbonyl (C=O) groups excluding carboxylic acids is 1. The number of rotatable bonds is 5. The van der Waals surface area contributed by atoms with E-state index >= 15 is 0 Å². The summed E-state index contributed by atoms with van der Waals surface area (Å²) >= 11 is 12.1. The maximum Gasteiger partial charge on any atom is 0.438 e. The smallest absolute Gasteiger partial charge is 0.437 e. The molecule has 0 aliphatic heterocycles. The van der Waals surface area contributed by atoms with E-state index in [1.807, 2.05) is 0 Å². The number of ether oxygens (including phenoxy) is 2. The molecule has 0 saturated heterocycles. The second-order valence-corrected chi connectivity index (χ2v) is 8.88. The monoisotopic (exact) mass is 541 g/mol. The van der Waals surface area contributed by atoms with Crippen LogP contribution in [0.25, 0.3) is 11.3 Å². The van der Waals surface area contributed by atoms with Gasteiger partial charge in [-0.2, -0.15) is 13.2 Å². The van der Waals surface area contributed by atoms with E-state index in [9.17, 15) is 23.1 Å². The van der Waals surface area contributed by atoms with E-state index < -0.39 is 41.9 Å². The lowest BCUT2D eigenvalue weighted by Gasteiger charge is -2.27. The number of nitrogens with zero attached hydrogens (tertiary/aromatic N) is 2. The zero-order valence-electron chi connectivity index (χ0n) is 18.6. The molecule has 2 aromatic carbocycles. The molecule has 3 aromatic rings. The lowest BCUT2D eigenvalue weighted by atomic mass is 9.93. The second-order valence-electron chi connectivity index (χ2n) is 8.07. The third kappa shape index (κ3) is 6.18. The number of halogens is 5. The molecule has 12 heteroatoms. The highest BCUT2D eigenvalue weighted by molar-refractivity contribution is 6.42. The molecule has 190 valence electrons. The van der Waals surface area contributed by atoms with Gasteiger partial charge in [0.15, 0.2) is 0 Å². The van der Waals surface area contributed by atoms with E-state index in [1.165, 1.54) is 30.3 Å². The normalized spacial score (nSPS) is 17.9. The molecule has 2 atom stereocenters. The summed E-state index contributed by atoms with van der Waals surface area (Å²) in [6.45, 7) is 0. The number of aromatic nitrogens is 2. The number of hydrogen-bond acceptors (Lipinski definition) is 6. The van der Waals surface area contributed by atoms with E-state index in [1.54, 1.807) is 18.2 Å². The SMILES string of the molecule is O=C(N[C@@H]1CCCC[C@H]1O)Oc1nc(-c2ccc(Cl)c(Cl)c2)c(Oc2ccccc2)nc1C(F)(F)F. The molecule has 0 radical (unpaired) electrons. The molecule has 36 heavy (non-hydrogen) atoms. The van der Waals surface area contributed by atoms with Crippen molar-refractivity contribution in [1.29, 1.82) is 0 Å². The molecule has 1 aromatic heterocycles. The van der Waals surface area contributed by atoms with Crippen LogP contribution >= 0.6 is 23.2 Å². The molecule has 0 unspecified atom stereocenters. The van der Waals surface area contributed by atoms with Gasteiger partial charge in [0.2, 0.25) is 11.6 Å². The molecule has 0 spiro atoms. The first kappa shape index (κ1) is 26.0. The number of nitrogens with one attached hydrogen (secondary N) is 1. The minimum Gasteiger partial charge on any atom is -0.437 e. The van der Waals surface area contributed by atoms with Crippen LogP contribution in [0.1, 0.15) is 31.4 Å². The van der Waals surface area contributed by atoms with Crippen molar-refractivity contribution in [2.45, 2.75) is 44.0 Å². The van der Waals surface area contributed by atoms with Gasteiger partial charge in [-0.15, -0.1) is 0 Å². The Kier molecular flexibility index (Phi) is 7.87. The Bertz CT molecular complexity index is 1250. The first-order valence-electron chi connectivity index (χ1n) is 11.0. The van der Waals surface area contributed by atoms with Crippen LogP contribution in [0.4, 0.5) is 18.0 Å². The third-order valence-corrected chi connectivity index (χ3v) is 6.21. The summed E-state index contributed by atoms with van der Waals surface area (Å²) in [6, 6.07) is 11.7. The Morgan fingerprint density at radius 1 is 1.00 bits per heavy atom. The lowest BCUT2D eigenvalue weighted by Crippen LogP contribution is -2.46. The molecule has 1 aliphatic rings. The topological polar surface area (TPSA) is 93.6 Å². The maximum atomic E-state index is 13.9. The van der Waals surface area contributed by atoms with E-state index in [2.05, 4.69) is 15.3 Å². The van der Waals surface area contributed by atoms with Gasteiger partial charge in [-0.3, -0.25) is 0 Å². The Morgan fingerprint density at radius 2 is 1.72 bits per heavy atom. The standard InChI is InChI=1S/C24H20Cl2F3N3O4/c25-15-11-10-13(12-16(15)26)19-21(35-14-6-2-1-3-7-14)32-20(24(27,28)29)22(31-19)36-23(34)30-17-8-4-5-9-18(17)33/h1-3,6-7,10-12,17-18,33H,4-5,8-9H2,(H,30,34)/t17-,18-/m1/s1. The number of hydrogen-bond donors (Lipinski definition) is 2. The van der Waals surface area contributed by atoms with Gasteiger partial charge in [0.05, 0.1) is 22.2 Å². The van der Waals surface area contributed by atoms with E-state index in [0.29, 0.717) is 12.8 Å². The van der Waals surface area contributed by atoms with Crippen LogP contribution < -0.4 is 14.8 Å². The Hall–Kier alpha value is -3.08. The van der Waals surface area contributed by atoms with Crippen molar-refractivity contribution < 1.29 is 32.5 Å². The Morgan fingerprint density at radius 3 is 2.39 bits per heavy atom. The van der Waals surface area contributed by atoms with Crippen LogP contribution in [0.3, 0.4) is 0 Å². The number of amides is 1. The summed E-state index contributed by atoms with van der Waals surface area (Å²) in [7, 11) is 0. The van der Waals surface area contributed by atoms with Crippen molar-refractivity contribution in [3.05, 3.63) is 64.3 Å². The summed E-state index contributed by atoms with van der Waals surface area (Å²) in [4.78, 5) is 20.1. The fourth-order valence-corrected chi connectivity index (χ4v) is 4.01. The fourth-order valence-electron chi connectivity index (χ4n) is 3.71. The number of para-hydroxylation sites is 1. The quantitative estimate of drug-likeness (QED) is 0.375. The van der Waals surface area contributed by atoms with Crippen molar-refractivity contribution in [3.63, 3.8) is 0 Å². The molecule has 1 heterocycles. The summed E-state index contributed by atoms with van der Waals surface area (Å²) < 4.78 is 52.4. The molecule has 0 bridgehead atoms. The van der Waals surface area contributed by atoms with Crippen molar-refractivity contribution in [3.8, 4) is 28.8 Å². The van der Waals surface area contributed by atoms with Crippen LogP contribution in [0.5, 0.6) is 17.5 Å². The summed E-state index contributed by atoms with van der Waals surface area (Å²) in [6.07, 6.45) is -4.59. The second kappa shape index (κ2) is 10.9. The van der Waals surface area contributed by atoms with Crippen molar-refractivity contribution >= 4 is 29.3 Å². The van der Waals surface area contributed by atoms with Crippen LogP contribution in [0.15, 0.2) is 48.5 Å². The van der Waals surface area contributed by atoms with Gasteiger partial charge in [0.25, 0.3) is 5.88 Å². The maximum absolute atomic E-state index is 13.9. The highest BCUT2D eigenvalue weighted by Crippen LogP contribution is 2.41. The van der Waals surface area contributed by atoms with Gasteiger partial charge >= 0.3 is 12.3 Å². The molecular formula is C24H20Cl2F3N3O4. The van der Waals surface area contributed by atoms with Gasteiger partial charge in [-0.25, -0.2) is 14.8 Å². The molecule has 4 rings (SSSR count). The van der Waals surface area contributed by atoms with E-state index in [-0.39, 0.29) is 27.1 Å². The van der Waals surface area contributed by atoms with Crippen molar-refractivity contribution in [2.75, 3.05) is 0 Å². The number of aliphatic hydroxyl groups excluding tert-OH is 1. The number of benzene rings is 2. The lowest BCUT2D eigenvalue weighted by molar-refractivity contribution is -0.142. The first-order valence-corrected chi connectivity index (χ1v) is 11.7. The van der Waals surface area contributed by atoms with Gasteiger partial charge in [-0.1, -0.05) is 60.3 Å². The Labute approximate surface area is 214 Å². The first-order chi connectivity index (χ1) is 17.1. The minimum atomic E-state index is -5.03. The molecule has 1 saturated carbocycles. The predicted octanol–water partition coefficient (Wildman–Crippen LogP) is 6.65. The van der Waals surface area contributed by atoms with Gasteiger partial charge in [0, 0.05) is 5.56 Å². The fraction of sp³-hybridized carbons (Fsp3) is 0.292. The molecule has 1 aliphatic carbocycles. The van der Waals surface area contributed by atoms with Gasteiger partial charge in [-0.05, 0) is 37.1 Å². The van der Waals surface area contributed by atoms with Gasteiger partial charge < -0.3 is 19.9 Å².